The van der Waals surface area contributed by atoms with E-state index in [1.807, 2.05) is 0 Å². The minimum absolute atomic E-state index is 0. The summed E-state index contributed by atoms with van der Waals surface area (Å²) < 4.78 is 0. The Labute approximate surface area is 151 Å². The first-order chi connectivity index (χ1) is 10.9. The standard InChI is InChI=1S/C20H16N2.Pt/c1-5-15-13-16(6-1)20-12-4-10-18(22-20)9-2-7-17-8-3-11-19(14-15)21-17;/h1-6,8,10-12H,7,9,14H2;/q-2;+2. The van der Waals surface area contributed by atoms with Crippen LogP contribution in [0.15, 0.2) is 54.6 Å². The van der Waals surface area contributed by atoms with E-state index in [0.29, 0.717) is 0 Å². The number of benzene rings is 1. The molecule has 23 heavy (non-hydrogen) atoms. The second kappa shape index (κ2) is 7.19. The molecular formula is C20H16N2Pt. The zero-order chi connectivity index (χ0) is 14.8. The topological polar surface area (TPSA) is 25.8 Å². The molecule has 3 heteroatoms. The third kappa shape index (κ3) is 3.76. The molecule has 0 atom stereocenters. The number of nitrogens with zero attached hydrogens (tertiary/aromatic N) is 2. The normalized spacial score (nSPS) is 13.0. The van der Waals surface area contributed by atoms with Crippen molar-refractivity contribution in [1.82, 2.24) is 9.97 Å². The van der Waals surface area contributed by atoms with E-state index in [4.69, 9.17) is 9.97 Å². The van der Waals surface area contributed by atoms with Crippen molar-refractivity contribution in [2.45, 2.75) is 19.3 Å². The summed E-state index contributed by atoms with van der Waals surface area (Å²) in [6.07, 6.45) is 4.79. The Kier molecular flexibility index (Phi) is 5.02. The van der Waals surface area contributed by atoms with E-state index in [0.717, 1.165) is 53.2 Å². The molecule has 0 saturated heterocycles. The number of hydrogen-bond acceptors (Lipinski definition) is 2. The molecule has 0 unspecified atom stereocenters. The van der Waals surface area contributed by atoms with Gasteiger partial charge in [0.2, 0.25) is 0 Å². The molecule has 0 amide bonds. The van der Waals surface area contributed by atoms with Crippen LogP contribution in [0.4, 0.5) is 0 Å². The van der Waals surface area contributed by atoms with Gasteiger partial charge >= 0.3 is 21.1 Å². The molecule has 0 radical (unpaired) electrons. The van der Waals surface area contributed by atoms with Crippen molar-refractivity contribution in [3.05, 3.63) is 89.7 Å². The Morgan fingerprint density at radius 2 is 1.48 bits per heavy atom. The summed E-state index contributed by atoms with van der Waals surface area (Å²) in [5.74, 6) is 0. The van der Waals surface area contributed by atoms with Crippen LogP contribution >= 0.6 is 0 Å². The van der Waals surface area contributed by atoms with Crippen LogP contribution in [-0.2, 0) is 40.3 Å². The fourth-order valence-corrected chi connectivity index (χ4v) is 2.82. The van der Waals surface area contributed by atoms with Crippen molar-refractivity contribution in [2.75, 3.05) is 0 Å². The summed E-state index contributed by atoms with van der Waals surface area (Å²) in [4.78, 5) is 9.51. The fourth-order valence-electron chi connectivity index (χ4n) is 2.82. The van der Waals surface area contributed by atoms with Gasteiger partial charge in [-0.25, -0.2) is 0 Å². The maximum atomic E-state index is 4.76. The molecule has 0 N–H and O–H groups in total. The van der Waals surface area contributed by atoms with E-state index in [1.54, 1.807) is 0 Å². The molecule has 0 fully saturated rings. The summed E-state index contributed by atoms with van der Waals surface area (Å²) >= 11 is 0. The van der Waals surface area contributed by atoms with Gasteiger partial charge in [0.25, 0.3) is 0 Å². The summed E-state index contributed by atoms with van der Waals surface area (Å²) in [5.41, 5.74) is 6.49. The maximum absolute atomic E-state index is 4.76. The van der Waals surface area contributed by atoms with Crippen LogP contribution < -0.4 is 0 Å². The van der Waals surface area contributed by atoms with Gasteiger partial charge in [-0.05, 0) is 30.3 Å². The zero-order valence-electron chi connectivity index (χ0n) is 12.6. The van der Waals surface area contributed by atoms with Gasteiger partial charge in [-0.2, -0.15) is 0 Å². The third-order valence-electron chi connectivity index (χ3n) is 3.88. The van der Waals surface area contributed by atoms with Gasteiger partial charge in [-0.3, -0.25) is 4.98 Å². The molecule has 3 aromatic rings. The number of pyridine rings is 2. The third-order valence-corrected chi connectivity index (χ3v) is 3.88. The van der Waals surface area contributed by atoms with Gasteiger partial charge < -0.3 is 11.4 Å². The molecule has 0 saturated carbocycles. The minimum atomic E-state index is 0. The first kappa shape index (κ1) is 16.1. The summed E-state index contributed by atoms with van der Waals surface area (Å²) in [6.45, 7) is 0. The van der Waals surface area contributed by atoms with Crippen molar-refractivity contribution in [2.24, 2.45) is 0 Å². The van der Waals surface area contributed by atoms with Gasteiger partial charge in [0, 0.05) is 17.1 Å². The van der Waals surface area contributed by atoms with Crippen molar-refractivity contribution in [3.8, 4) is 11.3 Å². The fraction of sp³-hybridized carbons (Fsp3) is 0.150. The minimum Gasteiger partial charge on any atom is -0.317 e. The van der Waals surface area contributed by atoms with E-state index in [2.05, 4.69) is 67.1 Å². The van der Waals surface area contributed by atoms with Gasteiger partial charge in [0.05, 0.1) is 0 Å². The van der Waals surface area contributed by atoms with Crippen molar-refractivity contribution in [1.29, 1.82) is 0 Å². The quantitative estimate of drug-likeness (QED) is 0.458. The van der Waals surface area contributed by atoms with Crippen LogP contribution in [0.2, 0.25) is 0 Å². The molecule has 2 nitrogen and oxygen atoms in total. The summed E-state index contributed by atoms with van der Waals surface area (Å²) in [5, 5.41) is 0. The molecule has 6 bridgehead atoms. The van der Waals surface area contributed by atoms with Crippen molar-refractivity contribution < 1.29 is 21.1 Å². The van der Waals surface area contributed by atoms with E-state index in [1.165, 1.54) is 0 Å². The first-order valence-electron chi connectivity index (χ1n) is 7.61. The number of rotatable bonds is 0. The van der Waals surface area contributed by atoms with Gasteiger partial charge in [0.1, 0.15) is 0 Å². The average Bonchev–Trinajstić information content (AvgIpc) is 2.55. The largest absolute Gasteiger partial charge is 2.00 e. The Morgan fingerprint density at radius 3 is 2.35 bits per heavy atom. The molecule has 0 aliphatic carbocycles. The van der Waals surface area contributed by atoms with Crippen LogP contribution in [0.3, 0.4) is 0 Å². The summed E-state index contributed by atoms with van der Waals surface area (Å²) in [6, 6.07) is 22.2. The maximum Gasteiger partial charge on any atom is 2.00 e. The Morgan fingerprint density at radius 1 is 0.783 bits per heavy atom. The molecular weight excluding hydrogens is 463 g/mol. The van der Waals surface area contributed by atoms with E-state index >= 15 is 0 Å². The predicted molar refractivity (Wildman–Crippen MR) is 87.3 cm³/mol. The van der Waals surface area contributed by atoms with Crippen molar-refractivity contribution in [3.63, 3.8) is 0 Å². The molecule has 3 heterocycles. The Hall–Kier alpha value is -1.79. The number of hydrogen-bond donors (Lipinski definition) is 0. The van der Waals surface area contributed by atoms with Crippen LogP contribution in [0.1, 0.15) is 22.6 Å². The monoisotopic (exact) mass is 479 g/mol. The first-order valence-corrected chi connectivity index (χ1v) is 7.61. The molecule has 0 spiro atoms. The van der Waals surface area contributed by atoms with Crippen molar-refractivity contribution >= 4 is 0 Å². The number of aromatic nitrogens is 2. The second-order valence-electron chi connectivity index (χ2n) is 5.60. The van der Waals surface area contributed by atoms with Gasteiger partial charge in [-0.15, -0.1) is 48.2 Å². The summed E-state index contributed by atoms with van der Waals surface area (Å²) in [7, 11) is 0. The molecule has 116 valence electrons. The van der Waals surface area contributed by atoms with Crippen LogP contribution in [-0.4, -0.2) is 9.97 Å². The zero-order valence-corrected chi connectivity index (χ0v) is 14.9. The van der Waals surface area contributed by atoms with Gasteiger partial charge in [0.15, 0.2) is 0 Å². The smallest absolute Gasteiger partial charge is 0.317 e. The van der Waals surface area contributed by atoms with E-state index < -0.39 is 0 Å². The Bertz CT molecular complexity index is 814. The molecule has 1 aromatic carbocycles. The molecule has 2 aromatic heterocycles. The Balaban J connectivity index is 0.00000156. The van der Waals surface area contributed by atoms with E-state index in [9.17, 15) is 0 Å². The SMILES string of the molecule is [Pt+2].[c-]1c2cccc1-c1cccc(n1)C[CH-]Cc1cccc(n1)C2. The predicted octanol–water partition coefficient (Wildman–Crippen LogP) is 3.83. The average molecular weight is 479 g/mol. The van der Waals surface area contributed by atoms with Crippen LogP contribution in [0.5, 0.6) is 0 Å². The van der Waals surface area contributed by atoms with Crippen LogP contribution in [0.25, 0.3) is 11.3 Å². The molecule has 4 rings (SSSR count). The molecule has 1 aliphatic heterocycles. The van der Waals surface area contributed by atoms with Gasteiger partial charge in [-0.1, -0.05) is 18.2 Å². The van der Waals surface area contributed by atoms with Crippen LogP contribution in [0, 0.1) is 12.5 Å². The second-order valence-corrected chi connectivity index (χ2v) is 5.60. The van der Waals surface area contributed by atoms with E-state index in [-0.39, 0.29) is 21.1 Å². The number of fused-ring (bicyclic) bond motifs is 7. The molecule has 1 aliphatic rings.